The largest absolute Gasteiger partial charge is 0.480 e. The fraction of sp³-hybridized carbons (Fsp3) is 0.360. The van der Waals surface area contributed by atoms with Gasteiger partial charge in [0.1, 0.15) is 12.6 Å². The van der Waals surface area contributed by atoms with Crippen molar-refractivity contribution in [2.24, 2.45) is 0 Å². The van der Waals surface area contributed by atoms with Crippen molar-refractivity contribution in [1.82, 2.24) is 10.2 Å². The van der Waals surface area contributed by atoms with Crippen LogP contribution in [0.3, 0.4) is 0 Å². The molecule has 0 radical (unpaired) electrons. The first-order valence-corrected chi connectivity index (χ1v) is 11.3. The second-order valence-electron chi connectivity index (χ2n) is 8.39. The molecule has 4 rings (SSSR count). The van der Waals surface area contributed by atoms with Crippen molar-refractivity contribution >= 4 is 23.9 Å². The number of fused-ring (bicyclic) bond motifs is 3. The molecule has 1 aliphatic carbocycles. The summed E-state index contributed by atoms with van der Waals surface area (Å²) in [5, 5.41) is 21.5. The fourth-order valence-corrected chi connectivity index (χ4v) is 4.66. The standard InChI is InChI=1S/C25H26N2O8/c1-2-34-24(32)21(22(29)27-12-14(28)11-20(27)23(30)31)26-25(33)35-13-19-17-9-5-3-7-15(17)16-8-4-6-10-18(16)19/h3-10,14,19-21,28H,2,11-13H2,1H3,(H,26,33)(H,30,31)/t14-,20+,21?/m1/s1. The van der Waals surface area contributed by atoms with E-state index >= 15 is 0 Å². The predicted molar refractivity (Wildman–Crippen MR) is 122 cm³/mol. The van der Waals surface area contributed by atoms with Crippen molar-refractivity contribution in [2.75, 3.05) is 19.8 Å². The van der Waals surface area contributed by atoms with Crippen LogP contribution in [-0.2, 0) is 23.9 Å². The van der Waals surface area contributed by atoms with E-state index in [2.05, 4.69) is 5.32 Å². The first-order chi connectivity index (χ1) is 16.8. The maximum atomic E-state index is 13.0. The zero-order valence-electron chi connectivity index (χ0n) is 19.0. The van der Waals surface area contributed by atoms with E-state index in [1.54, 1.807) is 0 Å². The topological polar surface area (TPSA) is 142 Å². The van der Waals surface area contributed by atoms with Crippen LogP contribution in [0.2, 0.25) is 0 Å². The van der Waals surface area contributed by atoms with Gasteiger partial charge >= 0.3 is 18.0 Å². The van der Waals surface area contributed by atoms with Crippen LogP contribution in [0.15, 0.2) is 48.5 Å². The number of carbonyl (C=O) groups excluding carboxylic acids is 3. The highest BCUT2D eigenvalue weighted by Gasteiger charge is 2.44. The molecule has 0 spiro atoms. The number of alkyl carbamates (subject to hydrolysis) is 1. The highest BCUT2D eigenvalue weighted by Crippen LogP contribution is 2.44. The molecule has 0 aromatic heterocycles. The third-order valence-electron chi connectivity index (χ3n) is 6.22. The first-order valence-electron chi connectivity index (χ1n) is 11.3. The summed E-state index contributed by atoms with van der Waals surface area (Å²) in [7, 11) is 0. The number of carbonyl (C=O) groups is 4. The molecule has 2 aromatic rings. The number of hydrogen-bond acceptors (Lipinski definition) is 7. The van der Waals surface area contributed by atoms with Gasteiger partial charge < -0.3 is 24.6 Å². The highest BCUT2D eigenvalue weighted by molar-refractivity contribution is 6.05. The molecule has 1 heterocycles. The van der Waals surface area contributed by atoms with Gasteiger partial charge in [0.15, 0.2) is 0 Å². The van der Waals surface area contributed by atoms with Crippen LogP contribution in [0.4, 0.5) is 4.79 Å². The van der Waals surface area contributed by atoms with Crippen LogP contribution in [0.25, 0.3) is 11.1 Å². The van der Waals surface area contributed by atoms with E-state index in [0.717, 1.165) is 27.2 Å². The number of nitrogens with zero attached hydrogens (tertiary/aromatic N) is 1. The van der Waals surface area contributed by atoms with Crippen molar-refractivity contribution in [3.63, 3.8) is 0 Å². The lowest BCUT2D eigenvalue weighted by atomic mass is 9.98. The van der Waals surface area contributed by atoms with Gasteiger partial charge in [-0.25, -0.2) is 14.4 Å². The Morgan fingerprint density at radius 1 is 1.03 bits per heavy atom. The van der Waals surface area contributed by atoms with E-state index < -0.39 is 42.1 Å². The number of amides is 2. The number of rotatable bonds is 7. The first kappa shape index (κ1) is 24.2. The van der Waals surface area contributed by atoms with Crippen LogP contribution < -0.4 is 5.32 Å². The number of carboxylic acids is 1. The fourth-order valence-electron chi connectivity index (χ4n) is 4.66. The molecule has 0 bridgehead atoms. The average molecular weight is 482 g/mol. The van der Waals surface area contributed by atoms with Crippen molar-refractivity contribution in [1.29, 1.82) is 0 Å². The number of aliphatic hydroxyl groups excluding tert-OH is 1. The van der Waals surface area contributed by atoms with E-state index in [-0.39, 0.29) is 32.1 Å². The third-order valence-corrected chi connectivity index (χ3v) is 6.22. The molecule has 2 aromatic carbocycles. The van der Waals surface area contributed by atoms with Gasteiger partial charge in [-0.15, -0.1) is 0 Å². The lowest BCUT2D eigenvalue weighted by Crippen LogP contribution is -2.55. The molecule has 1 aliphatic heterocycles. The Labute approximate surface area is 201 Å². The number of ether oxygens (including phenoxy) is 2. The van der Waals surface area contributed by atoms with Gasteiger partial charge in [0, 0.05) is 18.9 Å². The normalized spacial score (nSPS) is 19.4. The second kappa shape index (κ2) is 10.1. The Bertz CT molecular complexity index is 1100. The molecule has 1 saturated heterocycles. The Hall–Kier alpha value is -3.92. The van der Waals surface area contributed by atoms with Gasteiger partial charge in [0.25, 0.3) is 5.91 Å². The molecule has 10 heteroatoms. The van der Waals surface area contributed by atoms with E-state index in [4.69, 9.17) is 9.47 Å². The Morgan fingerprint density at radius 2 is 1.63 bits per heavy atom. The maximum Gasteiger partial charge on any atom is 0.408 e. The summed E-state index contributed by atoms with van der Waals surface area (Å²) in [4.78, 5) is 50.5. The maximum absolute atomic E-state index is 13.0. The van der Waals surface area contributed by atoms with Gasteiger partial charge in [-0.05, 0) is 29.2 Å². The summed E-state index contributed by atoms with van der Waals surface area (Å²) in [5.41, 5.74) is 4.08. The third kappa shape index (κ3) is 4.83. The monoisotopic (exact) mass is 482 g/mol. The second-order valence-corrected chi connectivity index (χ2v) is 8.39. The van der Waals surface area contributed by atoms with Gasteiger partial charge in [-0.3, -0.25) is 10.1 Å². The summed E-state index contributed by atoms with van der Waals surface area (Å²) in [5.74, 6) is -3.58. The zero-order chi connectivity index (χ0) is 25.1. The van der Waals surface area contributed by atoms with E-state index in [0.29, 0.717) is 0 Å². The minimum absolute atomic E-state index is 0.0379. The summed E-state index contributed by atoms with van der Waals surface area (Å²) >= 11 is 0. The molecule has 2 aliphatic rings. The Kier molecular flexibility index (Phi) is 7.02. The Morgan fingerprint density at radius 3 is 2.20 bits per heavy atom. The summed E-state index contributed by atoms with van der Waals surface area (Å²) in [6, 6.07) is 12.4. The SMILES string of the molecule is CCOC(=O)C(NC(=O)OCC1c2ccccc2-c2ccccc21)C(=O)N1C[C@H](O)C[C@H]1C(=O)O. The van der Waals surface area contributed by atoms with Gasteiger partial charge in [0.2, 0.25) is 6.04 Å². The van der Waals surface area contributed by atoms with Crippen molar-refractivity contribution in [3.05, 3.63) is 59.7 Å². The van der Waals surface area contributed by atoms with Crippen molar-refractivity contribution in [3.8, 4) is 11.1 Å². The summed E-state index contributed by atoms with van der Waals surface area (Å²) in [6.07, 6.45) is -2.26. The summed E-state index contributed by atoms with van der Waals surface area (Å²) < 4.78 is 10.3. The predicted octanol–water partition coefficient (Wildman–Crippen LogP) is 1.50. The lowest BCUT2D eigenvalue weighted by Gasteiger charge is -2.26. The van der Waals surface area contributed by atoms with E-state index in [9.17, 15) is 29.4 Å². The van der Waals surface area contributed by atoms with Gasteiger partial charge in [0.05, 0.1) is 12.7 Å². The molecule has 3 atom stereocenters. The molecular weight excluding hydrogens is 456 g/mol. The zero-order valence-corrected chi connectivity index (χ0v) is 19.0. The average Bonchev–Trinajstić information content (AvgIpc) is 3.39. The molecule has 2 amide bonds. The van der Waals surface area contributed by atoms with Crippen LogP contribution in [-0.4, -0.2) is 77.0 Å². The molecule has 184 valence electrons. The van der Waals surface area contributed by atoms with Crippen LogP contribution in [0.1, 0.15) is 30.4 Å². The number of aliphatic hydroxyl groups is 1. The van der Waals surface area contributed by atoms with Crippen LogP contribution in [0, 0.1) is 0 Å². The van der Waals surface area contributed by atoms with Crippen molar-refractivity contribution in [2.45, 2.75) is 37.5 Å². The number of nitrogens with one attached hydrogen (secondary N) is 1. The smallest absolute Gasteiger partial charge is 0.408 e. The molecule has 10 nitrogen and oxygen atoms in total. The number of esters is 1. The lowest BCUT2D eigenvalue weighted by molar-refractivity contribution is -0.156. The van der Waals surface area contributed by atoms with Gasteiger partial charge in [-0.1, -0.05) is 48.5 Å². The quantitative estimate of drug-likeness (QED) is 0.398. The number of β-amino-alcohol motifs (C(OH)–C–C–N with tert-alkyl or cyclic N) is 1. The molecule has 1 fully saturated rings. The highest BCUT2D eigenvalue weighted by atomic mass is 16.6. The Balaban J connectivity index is 1.48. The molecular formula is C25H26N2O8. The number of aliphatic carboxylic acids is 1. The van der Waals surface area contributed by atoms with Crippen LogP contribution in [0.5, 0.6) is 0 Å². The number of carboxylic acid groups (broad SMARTS) is 1. The molecule has 1 unspecified atom stereocenters. The number of hydrogen-bond donors (Lipinski definition) is 3. The van der Waals surface area contributed by atoms with E-state index in [1.165, 1.54) is 6.92 Å². The minimum Gasteiger partial charge on any atom is -0.480 e. The van der Waals surface area contributed by atoms with Gasteiger partial charge in [-0.2, -0.15) is 0 Å². The molecule has 3 N–H and O–H groups in total. The molecule has 35 heavy (non-hydrogen) atoms. The number of likely N-dealkylation sites (tertiary alicyclic amines) is 1. The minimum atomic E-state index is -1.81. The summed E-state index contributed by atoms with van der Waals surface area (Å²) in [6.45, 7) is 1.16. The van der Waals surface area contributed by atoms with E-state index in [1.807, 2.05) is 48.5 Å². The van der Waals surface area contributed by atoms with Crippen molar-refractivity contribution < 1.29 is 38.9 Å². The number of benzene rings is 2. The van der Waals surface area contributed by atoms with Crippen LogP contribution >= 0.6 is 0 Å². The molecule has 0 saturated carbocycles.